The predicted octanol–water partition coefficient (Wildman–Crippen LogP) is 6.18. The molecule has 168 valence electrons. The van der Waals surface area contributed by atoms with Crippen LogP contribution in [0.3, 0.4) is 0 Å². The number of benzene rings is 1. The number of rotatable bonds is 5. The molecule has 0 radical (unpaired) electrons. The zero-order valence-corrected chi connectivity index (χ0v) is 20.1. The summed E-state index contributed by atoms with van der Waals surface area (Å²) in [5, 5.41) is 8.70. The molecule has 0 unspecified atom stereocenters. The zero-order chi connectivity index (χ0) is 22.2. The van der Waals surface area contributed by atoms with Crippen molar-refractivity contribution in [2.24, 2.45) is 0 Å². The molecule has 4 aromatic rings. The first-order valence-electron chi connectivity index (χ1n) is 11.9. The number of nitrogens with zero attached hydrogens (tertiary/aromatic N) is 5. The van der Waals surface area contributed by atoms with E-state index in [0.717, 1.165) is 51.4 Å². The summed E-state index contributed by atoms with van der Waals surface area (Å²) in [7, 11) is 0. The van der Waals surface area contributed by atoms with Crippen LogP contribution in [0, 0.1) is 0 Å². The Morgan fingerprint density at radius 3 is 2.58 bits per heavy atom. The Morgan fingerprint density at radius 2 is 1.76 bits per heavy atom. The Bertz CT molecular complexity index is 1290. The lowest BCUT2D eigenvalue weighted by Crippen LogP contribution is -2.20. The van der Waals surface area contributed by atoms with E-state index in [0.29, 0.717) is 12.0 Å². The highest BCUT2D eigenvalue weighted by atomic mass is 79.9. The van der Waals surface area contributed by atoms with Gasteiger partial charge in [0, 0.05) is 35.4 Å². The standard InChI is InChI=1S/C26H27BrN6/c27-19-8-5-7-18(17-19)25-24(21-13-14-28-26(30-21)29-20-9-1-2-10-20)22-11-6-12-23(33(22)31-25)32-15-3-4-16-32/h5-8,11-14,17,20H,1-4,9-10,15-16H2,(H,28,29,30). The van der Waals surface area contributed by atoms with Crippen LogP contribution in [0.5, 0.6) is 0 Å². The largest absolute Gasteiger partial charge is 0.357 e. The van der Waals surface area contributed by atoms with Gasteiger partial charge >= 0.3 is 0 Å². The third kappa shape index (κ3) is 3.99. The summed E-state index contributed by atoms with van der Waals surface area (Å²) in [6, 6.07) is 17.3. The van der Waals surface area contributed by atoms with Crippen LogP contribution in [-0.4, -0.2) is 38.7 Å². The van der Waals surface area contributed by atoms with Crippen LogP contribution >= 0.6 is 15.9 Å². The molecule has 1 aromatic carbocycles. The predicted molar refractivity (Wildman–Crippen MR) is 137 cm³/mol. The van der Waals surface area contributed by atoms with Crippen LogP contribution < -0.4 is 10.2 Å². The molecule has 1 saturated carbocycles. The number of anilines is 2. The van der Waals surface area contributed by atoms with E-state index in [1.807, 2.05) is 18.3 Å². The molecular formula is C26H27BrN6. The van der Waals surface area contributed by atoms with Crippen LogP contribution in [0.25, 0.3) is 28.0 Å². The fourth-order valence-corrected chi connectivity index (χ4v) is 5.55. The third-order valence-corrected chi connectivity index (χ3v) is 7.26. The molecule has 2 fully saturated rings. The van der Waals surface area contributed by atoms with Crippen molar-refractivity contribution >= 4 is 33.2 Å². The number of aromatic nitrogens is 4. The van der Waals surface area contributed by atoms with Crippen molar-refractivity contribution in [1.29, 1.82) is 0 Å². The molecule has 0 spiro atoms. The fraction of sp³-hybridized carbons (Fsp3) is 0.346. The SMILES string of the molecule is Brc1cccc(-c2nn3c(N4CCCC4)cccc3c2-c2ccnc(NC3CCCC3)n2)c1. The third-order valence-electron chi connectivity index (χ3n) is 6.77. The Hall–Kier alpha value is -2.93. The minimum Gasteiger partial charge on any atom is -0.357 e. The molecule has 4 heterocycles. The molecule has 0 atom stereocenters. The summed E-state index contributed by atoms with van der Waals surface area (Å²) in [5.41, 5.74) is 5.02. The van der Waals surface area contributed by atoms with Crippen molar-refractivity contribution in [3.05, 3.63) is 59.2 Å². The van der Waals surface area contributed by atoms with E-state index in [1.165, 1.54) is 38.5 Å². The van der Waals surface area contributed by atoms with Crippen molar-refractivity contribution in [2.75, 3.05) is 23.3 Å². The van der Waals surface area contributed by atoms with E-state index in [1.54, 1.807) is 0 Å². The Balaban J connectivity index is 1.52. The van der Waals surface area contributed by atoms with Crippen LogP contribution in [0.4, 0.5) is 11.8 Å². The molecule has 1 aliphatic heterocycles. The number of nitrogens with one attached hydrogen (secondary N) is 1. The minimum atomic E-state index is 0.468. The van der Waals surface area contributed by atoms with Gasteiger partial charge in [0.15, 0.2) is 0 Å². The smallest absolute Gasteiger partial charge is 0.223 e. The van der Waals surface area contributed by atoms with Crippen molar-refractivity contribution in [2.45, 2.75) is 44.6 Å². The quantitative estimate of drug-likeness (QED) is 0.353. The molecule has 0 amide bonds. The van der Waals surface area contributed by atoms with Gasteiger partial charge in [-0.1, -0.05) is 47.0 Å². The van der Waals surface area contributed by atoms with Crippen LogP contribution in [0.15, 0.2) is 59.2 Å². The van der Waals surface area contributed by atoms with Crippen molar-refractivity contribution in [3.63, 3.8) is 0 Å². The summed E-state index contributed by atoms with van der Waals surface area (Å²) in [6.07, 6.45) is 9.24. The van der Waals surface area contributed by atoms with Gasteiger partial charge in [-0.3, -0.25) is 0 Å². The first kappa shape index (κ1) is 20.7. The van der Waals surface area contributed by atoms with Gasteiger partial charge in [0.1, 0.15) is 11.5 Å². The second-order valence-electron chi connectivity index (χ2n) is 9.00. The lowest BCUT2D eigenvalue weighted by atomic mass is 10.0. The Kier molecular flexibility index (Phi) is 5.50. The zero-order valence-electron chi connectivity index (χ0n) is 18.5. The van der Waals surface area contributed by atoms with E-state index in [9.17, 15) is 0 Å². The average Bonchev–Trinajstić information content (AvgIpc) is 3.60. The summed E-state index contributed by atoms with van der Waals surface area (Å²) >= 11 is 3.63. The molecule has 0 bridgehead atoms. The maximum Gasteiger partial charge on any atom is 0.223 e. The molecule has 1 aliphatic carbocycles. The minimum absolute atomic E-state index is 0.468. The van der Waals surface area contributed by atoms with Gasteiger partial charge in [0.05, 0.1) is 16.8 Å². The van der Waals surface area contributed by atoms with Crippen LogP contribution in [-0.2, 0) is 0 Å². The number of halogens is 1. The first-order chi connectivity index (χ1) is 16.3. The van der Waals surface area contributed by atoms with E-state index in [4.69, 9.17) is 10.1 Å². The summed E-state index contributed by atoms with van der Waals surface area (Å²) in [5.74, 6) is 1.85. The van der Waals surface area contributed by atoms with Gasteiger partial charge in [-0.05, 0) is 56.0 Å². The van der Waals surface area contributed by atoms with Crippen molar-refractivity contribution in [3.8, 4) is 22.5 Å². The summed E-state index contributed by atoms with van der Waals surface area (Å²) in [6.45, 7) is 2.15. The van der Waals surface area contributed by atoms with Gasteiger partial charge in [-0.15, -0.1) is 0 Å². The van der Waals surface area contributed by atoms with Crippen molar-refractivity contribution in [1.82, 2.24) is 19.6 Å². The second kappa shape index (κ2) is 8.78. The molecular weight excluding hydrogens is 476 g/mol. The maximum atomic E-state index is 5.15. The lowest BCUT2D eigenvalue weighted by molar-refractivity contribution is 0.744. The lowest BCUT2D eigenvalue weighted by Gasteiger charge is -2.18. The van der Waals surface area contributed by atoms with E-state index in [2.05, 4.69) is 72.0 Å². The molecule has 2 aliphatic rings. The molecule has 6 rings (SSSR count). The van der Waals surface area contributed by atoms with Crippen LogP contribution in [0.2, 0.25) is 0 Å². The molecule has 3 aromatic heterocycles. The molecule has 7 heteroatoms. The Labute approximate surface area is 202 Å². The topological polar surface area (TPSA) is 58.4 Å². The highest BCUT2D eigenvalue weighted by molar-refractivity contribution is 9.10. The Morgan fingerprint density at radius 1 is 0.939 bits per heavy atom. The van der Waals surface area contributed by atoms with E-state index in [-0.39, 0.29) is 0 Å². The summed E-state index contributed by atoms with van der Waals surface area (Å²) < 4.78 is 3.14. The average molecular weight is 503 g/mol. The van der Waals surface area contributed by atoms with Gasteiger partial charge in [0.25, 0.3) is 0 Å². The van der Waals surface area contributed by atoms with E-state index < -0.39 is 0 Å². The maximum absolute atomic E-state index is 5.15. The van der Waals surface area contributed by atoms with Gasteiger partial charge in [0.2, 0.25) is 5.95 Å². The summed E-state index contributed by atoms with van der Waals surface area (Å²) in [4.78, 5) is 11.9. The fourth-order valence-electron chi connectivity index (χ4n) is 5.15. The van der Waals surface area contributed by atoms with Gasteiger partial charge < -0.3 is 10.2 Å². The number of hydrogen-bond acceptors (Lipinski definition) is 5. The monoisotopic (exact) mass is 502 g/mol. The number of fused-ring (bicyclic) bond motifs is 1. The molecule has 1 saturated heterocycles. The molecule has 1 N–H and O–H groups in total. The van der Waals surface area contributed by atoms with E-state index >= 15 is 0 Å². The van der Waals surface area contributed by atoms with Gasteiger partial charge in [-0.2, -0.15) is 5.10 Å². The number of hydrogen-bond donors (Lipinski definition) is 1. The first-order valence-corrected chi connectivity index (χ1v) is 12.7. The molecule has 6 nitrogen and oxygen atoms in total. The highest BCUT2D eigenvalue weighted by Gasteiger charge is 2.23. The van der Waals surface area contributed by atoms with Crippen molar-refractivity contribution < 1.29 is 0 Å². The number of pyridine rings is 1. The normalized spacial score (nSPS) is 16.7. The van der Waals surface area contributed by atoms with Crippen LogP contribution in [0.1, 0.15) is 38.5 Å². The molecule has 33 heavy (non-hydrogen) atoms. The second-order valence-corrected chi connectivity index (χ2v) is 9.92. The van der Waals surface area contributed by atoms with Gasteiger partial charge in [-0.25, -0.2) is 14.5 Å². The highest BCUT2D eigenvalue weighted by Crippen LogP contribution is 2.37.